The van der Waals surface area contributed by atoms with Crippen LogP contribution >= 0.6 is 11.6 Å². The Balaban J connectivity index is 0.864. The number of allylic oxidation sites excluding steroid dienone is 1. The van der Waals surface area contributed by atoms with Gasteiger partial charge in [-0.15, -0.1) is 4.91 Å². The minimum atomic E-state index is -4.48. The first-order valence-electron chi connectivity index (χ1n) is 23.8. The lowest BCUT2D eigenvalue weighted by molar-refractivity contribution is 0.0689. The largest absolute Gasteiger partial charge is 0.488 e. The monoisotopic (exact) mass is 959 g/mol. The highest BCUT2D eigenvalue weighted by atomic mass is 35.5. The lowest BCUT2D eigenvalue weighted by atomic mass is 9.72. The smallest absolute Gasteiger partial charge is 0.267 e. The van der Waals surface area contributed by atoms with Crippen LogP contribution in [0.2, 0.25) is 5.02 Å². The number of rotatable bonds is 13. The molecule has 2 saturated heterocycles. The van der Waals surface area contributed by atoms with Crippen molar-refractivity contribution in [2.24, 2.45) is 10.6 Å². The zero-order valence-corrected chi connectivity index (χ0v) is 40.1. The number of nitrogens with one attached hydrogen (secondary N) is 3. The minimum absolute atomic E-state index is 0.114. The molecule has 15 nitrogen and oxygen atoms in total. The number of benzene rings is 3. The highest BCUT2D eigenvalue weighted by Crippen LogP contribution is 2.43. The van der Waals surface area contributed by atoms with Crippen molar-refractivity contribution in [1.82, 2.24) is 34.7 Å². The van der Waals surface area contributed by atoms with Crippen molar-refractivity contribution >= 4 is 66.5 Å². The average molecular weight is 961 g/mol. The molecule has 4 aliphatic rings. The van der Waals surface area contributed by atoms with Gasteiger partial charge in [-0.25, -0.2) is 23.1 Å². The molecular weight excluding hydrogens is 902 g/mol. The number of pyridine rings is 1. The summed E-state index contributed by atoms with van der Waals surface area (Å²) in [6.45, 7) is 10.4. The molecule has 0 atom stereocenters. The molecular formula is C51H58ClN9O6S. The number of carbonyl (C=O) groups is 1. The maximum Gasteiger partial charge on any atom is 0.267 e. The summed E-state index contributed by atoms with van der Waals surface area (Å²) < 4.78 is 43.7. The number of H-pyrrole nitrogens is 1. The van der Waals surface area contributed by atoms with E-state index in [-0.39, 0.29) is 33.4 Å². The van der Waals surface area contributed by atoms with Crippen LogP contribution in [0.5, 0.6) is 5.75 Å². The van der Waals surface area contributed by atoms with Gasteiger partial charge in [0.25, 0.3) is 15.9 Å². The predicted octanol–water partition coefficient (Wildman–Crippen LogP) is 9.32. The maximum atomic E-state index is 14.3. The Hall–Kier alpha value is -5.65. The normalized spacial score (nSPS) is 20.8. The van der Waals surface area contributed by atoms with Gasteiger partial charge < -0.3 is 19.7 Å². The zero-order valence-electron chi connectivity index (χ0n) is 38.5. The summed E-state index contributed by atoms with van der Waals surface area (Å²) in [5, 5.41) is 11.7. The summed E-state index contributed by atoms with van der Waals surface area (Å²) in [6.07, 6.45) is 12.0. The Morgan fingerprint density at radius 2 is 1.71 bits per heavy atom. The fourth-order valence-electron chi connectivity index (χ4n) is 10.4. The number of nitrogens with zero attached hydrogens (tertiary/aromatic N) is 6. The second kappa shape index (κ2) is 19.4. The summed E-state index contributed by atoms with van der Waals surface area (Å²) in [6, 6.07) is 22.3. The van der Waals surface area contributed by atoms with Gasteiger partial charge in [0.05, 0.1) is 27.8 Å². The van der Waals surface area contributed by atoms with Gasteiger partial charge in [0, 0.05) is 86.5 Å². The Morgan fingerprint density at radius 3 is 2.47 bits per heavy atom. The van der Waals surface area contributed by atoms with Gasteiger partial charge in [0.15, 0.2) is 11.3 Å². The molecule has 2 aliphatic carbocycles. The second-order valence-corrected chi connectivity index (χ2v) is 21.7. The first-order chi connectivity index (χ1) is 32.9. The van der Waals surface area contributed by atoms with Crippen molar-refractivity contribution < 1.29 is 22.7 Å². The molecule has 0 unspecified atom stereocenters. The number of nitroso groups, excluding NO2 is 1. The zero-order chi connectivity index (χ0) is 47.0. The highest BCUT2D eigenvalue weighted by Gasteiger charge is 2.31. The van der Waals surface area contributed by atoms with Gasteiger partial charge in [0.1, 0.15) is 11.3 Å². The van der Waals surface area contributed by atoms with Crippen LogP contribution < -0.4 is 19.7 Å². The summed E-state index contributed by atoms with van der Waals surface area (Å²) in [4.78, 5) is 40.0. The number of sulfonamides is 1. The molecule has 2 aliphatic heterocycles. The van der Waals surface area contributed by atoms with Crippen molar-refractivity contribution in [2.75, 3.05) is 50.8 Å². The van der Waals surface area contributed by atoms with Crippen LogP contribution in [0.3, 0.4) is 0 Å². The van der Waals surface area contributed by atoms with E-state index in [1.165, 1.54) is 28.8 Å². The third-order valence-electron chi connectivity index (χ3n) is 14.3. The van der Waals surface area contributed by atoms with E-state index >= 15 is 0 Å². The molecule has 3 aromatic heterocycles. The van der Waals surface area contributed by atoms with E-state index in [1.54, 1.807) is 23.1 Å². The molecule has 3 aromatic carbocycles. The molecule has 5 heterocycles. The lowest BCUT2D eigenvalue weighted by Gasteiger charge is -2.39. The van der Waals surface area contributed by atoms with E-state index in [9.17, 15) is 18.1 Å². The average Bonchev–Trinajstić information content (AvgIpc) is 3.99. The summed E-state index contributed by atoms with van der Waals surface area (Å²) in [5.41, 5.74) is 7.59. The summed E-state index contributed by atoms with van der Waals surface area (Å²) >= 11 is 6.27. The van der Waals surface area contributed by atoms with Crippen LogP contribution in [0.25, 0.3) is 33.3 Å². The number of anilines is 1. The molecule has 1 saturated carbocycles. The fourth-order valence-corrected chi connectivity index (χ4v) is 11.5. The molecule has 0 spiro atoms. The van der Waals surface area contributed by atoms with E-state index in [4.69, 9.17) is 26.1 Å². The minimum Gasteiger partial charge on any atom is -0.488 e. The van der Waals surface area contributed by atoms with Gasteiger partial charge in [0.2, 0.25) is 0 Å². The SMILES string of the molecule is CC1(C)CCC(CN2CCN(c3ccc(C(=O)NS(=O)(=O)c4ccc(OC5CCC(NC6CCOCC6)CC5)c(N=O)c4)c(-n4[nH]cc5nc6nccc6cc54)c3)CC2)=C(c2ccc(Cl)cc2)C1. The molecule has 356 valence electrons. The molecule has 1 amide bonds. The molecule has 0 radical (unpaired) electrons. The molecule has 6 aromatic rings. The van der Waals surface area contributed by atoms with E-state index in [2.05, 4.69) is 61.1 Å². The van der Waals surface area contributed by atoms with Gasteiger partial charge in [-0.1, -0.05) is 43.2 Å². The van der Waals surface area contributed by atoms with E-state index in [1.807, 2.05) is 36.4 Å². The first-order valence-corrected chi connectivity index (χ1v) is 25.7. The van der Waals surface area contributed by atoms with Crippen molar-refractivity contribution in [3.8, 4) is 11.4 Å². The number of fused-ring (bicyclic) bond motifs is 2. The van der Waals surface area contributed by atoms with Crippen molar-refractivity contribution in [3.63, 3.8) is 0 Å². The Labute approximate surface area is 401 Å². The number of aromatic nitrogens is 4. The van der Waals surface area contributed by atoms with Gasteiger partial charge in [-0.2, -0.15) is 0 Å². The number of hydrogen-bond donors (Lipinski definition) is 3. The Morgan fingerprint density at radius 1 is 0.941 bits per heavy atom. The number of amides is 1. The molecule has 68 heavy (non-hydrogen) atoms. The number of aromatic amines is 1. The second-order valence-electron chi connectivity index (χ2n) is 19.6. The van der Waals surface area contributed by atoms with E-state index in [0.29, 0.717) is 34.5 Å². The van der Waals surface area contributed by atoms with Crippen LogP contribution in [0.15, 0.2) is 101 Å². The number of ether oxygens (including phenoxy) is 2. The third kappa shape index (κ3) is 10.1. The molecule has 10 rings (SSSR count). The number of piperazine rings is 1. The van der Waals surface area contributed by atoms with Gasteiger partial charge >= 0.3 is 0 Å². The van der Waals surface area contributed by atoms with Crippen LogP contribution in [0.1, 0.15) is 87.6 Å². The lowest BCUT2D eigenvalue weighted by Crippen LogP contribution is -2.47. The van der Waals surface area contributed by atoms with Gasteiger partial charge in [-0.3, -0.25) is 19.5 Å². The molecule has 17 heteroatoms. The molecule has 3 fully saturated rings. The maximum absolute atomic E-state index is 14.3. The van der Waals surface area contributed by atoms with Crippen LogP contribution in [0, 0.1) is 10.3 Å². The fraction of sp³-hybridized carbons (Fsp3) is 0.431. The summed E-state index contributed by atoms with van der Waals surface area (Å²) in [5.74, 6) is -0.636. The van der Waals surface area contributed by atoms with E-state index < -0.39 is 15.9 Å². The van der Waals surface area contributed by atoms with Gasteiger partial charge in [-0.05, 0) is 140 Å². The topological polar surface area (TPSA) is 176 Å². The highest BCUT2D eigenvalue weighted by molar-refractivity contribution is 7.90. The number of halogens is 1. The molecule has 3 N–H and O–H groups in total. The standard InChI is InChI=1S/C51H58ClN9O6S/c1-51(2)19-15-35(43(30-51)33-3-5-36(52)6-4-33)32-59-21-23-60(24-22-59)39-9-13-42(46(28-39)61-47-27-34-16-20-53-49(34)56-45(47)31-54-61)50(62)58-68(64,65)41-12-14-48(44(29-41)57-63)67-40-10-7-37(8-11-40)55-38-17-25-66-26-18-38/h3-6,9,12-14,16,20,27-29,31,37-38,40,54-55H,7-8,10-11,15,17-19,21-26,30,32H2,1-2H3,(H,58,62). The van der Waals surface area contributed by atoms with Crippen molar-refractivity contribution in [1.29, 1.82) is 0 Å². The third-order valence-corrected chi connectivity index (χ3v) is 15.9. The predicted molar refractivity (Wildman–Crippen MR) is 266 cm³/mol. The number of hydrogen-bond acceptors (Lipinski definition) is 12. The van der Waals surface area contributed by atoms with Crippen LogP contribution in [-0.4, -0.2) is 103 Å². The van der Waals surface area contributed by atoms with Crippen LogP contribution in [0.4, 0.5) is 11.4 Å². The van der Waals surface area contributed by atoms with Crippen molar-refractivity contribution in [2.45, 2.75) is 94.7 Å². The molecule has 0 bridgehead atoms. The Bertz CT molecular complexity index is 2970. The first kappa shape index (κ1) is 46.1. The van der Waals surface area contributed by atoms with Crippen LogP contribution in [-0.2, 0) is 14.8 Å². The van der Waals surface area contributed by atoms with E-state index in [0.717, 1.165) is 126 Å². The van der Waals surface area contributed by atoms with Crippen molar-refractivity contribution in [3.05, 3.63) is 112 Å². The Kier molecular flexibility index (Phi) is 13.1. The number of carbonyl (C=O) groups excluding carboxylic acids is 1. The quantitative estimate of drug-likeness (QED) is 0.0941. The summed E-state index contributed by atoms with van der Waals surface area (Å²) in [7, 11) is -4.48.